The molecule has 0 radical (unpaired) electrons. The fourth-order valence-corrected chi connectivity index (χ4v) is 6.38. The second-order valence-corrected chi connectivity index (χ2v) is 11.4. The molecule has 1 aromatic carbocycles. The Morgan fingerprint density at radius 1 is 1.05 bits per heavy atom. The van der Waals surface area contributed by atoms with Crippen LogP contribution in [0.25, 0.3) is 39.0 Å². The number of nitrogens with zero attached hydrogens (tertiary/aromatic N) is 6. The maximum atomic E-state index is 6.30. The summed E-state index contributed by atoms with van der Waals surface area (Å²) < 4.78 is 10.3. The Labute approximate surface area is 239 Å². The number of aromatic nitrogens is 5. The fraction of sp³-hybridized carbons (Fsp3) is 0.344. The van der Waals surface area contributed by atoms with Crippen molar-refractivity contribution in [3.63, 3.8) is 0 Å². The highest BCUT2D eigenvalue weighted by Gasteiger charge is 2.31. The van der Waals surface area contributed by atoms with Gasteiger partial charge in [-0.05, 0) is 62.3 Å². The van der Waals surface area contributed by atoms with E-state index < -0.39 is 0 Å². The number of hydrazine groups is 1. The predicted octanol–water partition coefficient (Wildman–Crippen LogP) is 5.25. The lowest BCUT2D eigenvalue weighted by atomic mass is 9.86. The first-order valence-corrected chi connectivity index (χ1v) is 14.4. The summed E-state index contributed by atoms with van der Waals surface area (Å²) >= 11 is 0. The van der Waals surface area contributed by atoms with E-state index in [1.54, 1.807) is 12.1 Å². The minimum Gasteiger partial charge on any atom is -0.401 e. The van der Waals surface area contributed by atoms with Crippen LogP contribution in [0, 0.1) is 5.92 Å². The Kier molecular flexibility index (Phi) is 6.48. The van der Waals surface area contributed by atoms with Gasteiger partial charge >= 0.3 is 0 Å². The molecule has 5 aromatic rings. The van der Waals surface area contributed by atoms with Crippen molar-refractivity contribution < 1.29 is 4.74 Å². The van der Waals surface area contributed by atoms with Crippen molar-refractivity contribution in [1.29, 1.82) is 0 Å². The zero-order valence-corrected chi connectivity index (χ0v) is 23.6. The molecule has 2 fully saturated rings. The van der Waals surface area contributed by atoms with Gasteiger partial charge in [0.1, 0.15) is 5.65 Å². The van der Waals surface area contributed by atoms with Crippen LogP contribution in [0.5, 0.6) is 0 Å². The number of rotatable bonds is 7. The summed E-state index contributed by atoms with van der Waals surface area (Å²) in [7, 11) is 1.80. The average molecular weight is 549 g/mol. The second-order valence-electron chi connectivity index (χ2n) is 11.4. The highest BCUT2D eigenvalue weighted by atomic mass is 16.5. The zero-order valence-electron chi connectivity index (χ0n) is 23.6. The number of ether oxygens (including phenoxy) is 1. The third-order valence-electron chi connectivity index (χ3n) is 8.44. The third-order valence-corrected chi connectivity index (χ3v) is 8.44. The molecular weight excluding hydrogens is 512 g/mol. The standard InChI is InChI=1S/C32H36N8O/c1-20(33)30(38(2)34)23-16-28-29(35-17-23)26-10-11-27(24-18-36-39(19-24)25-8-9-25)37-32(26)40(28)31(21-6-4-3-5-7-21)22-12-14-41-15-13-22/h3-7,10-11,16-19,22,25,31H,8-9,12-15,33-34H2,1-2H3/b30-20-/t31-/m1/s1. The van der Waals surface area contributed by atoms with Crippen LogP contribution < -0.4 is 11.6 Å². The normalized spacial score (nSPS) is 17.6. The highest BCUT2D eigenvalue weighted by Crippen LogP contribution is 2.41. The molecule has 5 heterocycles. The summed E-state index contributed by atoms with van der Waals surface area (Å²) in [5.41, 5.74) is 14.6. The molecule has 9 nitrogen and oxygen atoms in total. The van der Waals surface area contributed by atoms with E-state index in [-0.39, 0.29) is 6.04 Å². The van der Waals surface area contributed by atoms with Gasteiger partial charge in [-0.25, -0.2) is 10.8 Å². The number of benzene rings is 1. The zero-order chi connectivity index (χ0) is 28.1. The Hall–Kier alpha value is -4.21. The van der Waals surface area contributed by atoms with Crippen LogP contribution in [0.3, 0.4) is 0 Å². The largest absolute Gasteiger partial charge is 0.401 e. The smallest absolute Gasteiger partial charge is 0.143 e. The van der Waals surface area contributed by atoms with E-state index in [0.29, 0.717) is 17.7 Å². The van der Waals surface area contributed by atoms with Crippen LogP contribution in [0.4, 0.5) is 0 Å². The van der Waals surface area contributed by atoms with Crippen LogP contribution in [-0.4, -0.2) is 49.6 Å². The first-order chi connectivity index (χ1) is 20.0. The summed E-state index contributed by atoms with van der Waals surface area (Å²) in [6, 6.07) is 17.7. The van der Waals surface area contributed by atoms with Crippen molar-refractivity contribution in [2.45, 2.75) is 44.7 Å². The summed E-state index contributed by atoms with van der Waals surface area (Å²) in [5, 5.41) is 7.21. The topological polar surface area (TPSA) is 113 Å². The van der Waals surface area contributed by atoms with Gasteiger partial charge in [0.05, 0.1) is 40.7 Å². The lowest BCUT2D eigenvalue weighted by Gasteiger charge is -2.33. The minimum atomic E-state index is 0.0519. The van der Waals surface area contributed by atoms with Crippen molar-refractivity contribution in [2.24, 2.45) is 17.5 Å². The van der Waals surface area contributed by atoms with E-state index in [9.17, 15) is 0 Å². The molecule has 0 amide bonds. The highest BCUT2D eigenvalue weighted by molar-refractivity contribution is 6.05. The van der Waals surface area contributed by atoms with Gasteiger partial charge in [-0.1, -0.05) is 30.3 Å². The van der Waals surface area contributed by atoms with Crippen LogP contribution in [0.15, 0.2) is 72.8 Å². The fourth-order valence-electron chi connectivity index (χ4n) is 6.38. The van der Waals surface area contributed by atoms with Crippen LogP contribution in [0.1, 0.15) is 55.8 Å². The second kappa shape index (κ2) is 10.3. The Bertz CT molecular complexity index is 1740. The van der Waals surface area contributed by atoms with Crippen molar-refractivity contribution >= 4 is 27.8 Å². The van der Waals surface area contributed by atoms with E-state index in [2.05, 4.69) is 69.1 Å². The van der Waals surface area contributed by atoms with Crippen molar-refractivity contribution in [1.82, 2.24) is 29.3 Å². The number of pyridine rings is 2. The summed E-state index contributed by atoms with van der Waals surface area (Å²) in [6.07, 6.45) is 10.2. The van der Waals surface area contributed by atoms with Crippen molar-refractivity contribution in [3.8, 4) is 11.3 Å². The quantitative estimate of drug-likeness (QED) is 0.211. The minimum absolute atomic E-state index is 0.0519. The van der Waals surface area contributed by atoms with Crippen molar-refractivity contribution in [2.75, 3.05) is 20.3 Å². The maximum absolute atomic E-state index is 6.30. The Morgan fingerprint density at radius 3 is 2.54 bits per heavy atom. The number of fused-ring (bicyclic) bond motifs is 3. The molecule has 9 heteroatoms. The summed E-state index contributed by atoms with van der Waals surface area (Å²) in [4.78, 5) is 10.3. The number of allylic oxidation sites excluding steroid dienone is 1. The molecule has 1 saturated heterocycles. The molecule has 2 aliphatic rings. The van der Waals surface area contributed by atoms with Gasteiger partial charge < -0.3 is 20.0 Å². The van der Waals surface area contributed by atoms with Crippen LogP contribution >= 0.6 is 0 Å². The van der Waals surface area contributed by atoms with Gasteiger partial charge in [-0.3, -0.25) is 9.67 Å². The van der Waals surface area contributed by atoms with Crippen LogP contribution in [0.2, 0.25) is 0 Å². The first-order valence-electron chi connectivity index (χ1n) is 14.4. The van der Waals surface area contributed by atoms with E-state index >= 15 is 0 Å². The van der Waals surface area contributed by atoms with E-state index in [4.69, 9.17) is 26.3 Å². The molecular formula is C32H36N8O. The molecule has 0 unspecified atom stereocenters. The molecule has 1 saturated carbocycles. The van der Waals surface area contributed by atoms with E-state index in [1.807, 2.05) is 19.3 Å². The number of hydrogen-bond donors (Lipinski definition) is 2. The molecule has 1 atom stereocenters. The van der Waals surface area contributed by atoms with Crippen molar-refractivity contribution in [3.05, 3.63) is 83.9 Å². The van der Waals surface area contributed by atoms with Gasteiger partial charge in [-0.2, -0.15) is 5.10 Å². The molecule has 41 heavy (non-hydrogen) atoms. The first kappa shape index (κ1) is 25.7. The molecule has 1 aliphatic heterocycles. The predicted molar refractivity (Wildman–Crippen MR) is 161 cm³/mol. The van der Waals surface area contributed by atoms with Crippen LogP contribution in [-0.2, 0) is 4.74 Å². The summed E-state index contributed by atoms with van der Waals surface area (Å²) in [5.74, 6) is 6.61. The molecule has 0 bridgehead atoms. The van der Waals surface area contributed by atoms with Gasteiger partial charge in [0.2, 0.25) is 0 Å². The van der Waals surface area contributed by atoms with Gasteiger partial charge in [0.15, 0.2) is 0 Å². The number of nitrogens with two attached hydrogens (primary N) is 2. The molecule has 1 aliphatic carbocycles. The SMILES string of the molecule is C/C(N)=C(\c1cnc2c3ccc(-c4cnn(C5CC5)c4)nc3n([C@H](c3ccccc3)C3CCOCC3)c2c1)N(C)N. The van der Waals surface area contributed by atoms with E-state index in [0.717, 1.165) is 70.6 Å². The average Bonchev–Trinajstić information content (AvgIpc) is 3.63. The Morgan fingerprint density at radius 2 is 1.83 bits per heavy atom. The summed E-state index contributed by atoms with van der Waals surface area (Å²) in [6.45, 7) is 3.37. The monoisotopic (exact) mass is 548 g/mol. The molecule has 7 rings (SSSR count). The third kappa shape index (κ3) is 4.65. The lowest BCUT2D eigenvalue weighted by molar-refractivity contribution is 0.0552. The molecule has 0 spiro atoms. The van der Waals surface area contributed by atoms with Gasteiger partial charge in [-0.15, -0.1) is 0 Å². The molecule has 210 valence electrons. The molecule has 4 aromatic heterocycles. The molecule has 4 N–H and O–H groups in total. The maximum Gasteiger partial charge on any atom is 0.143 e. The number of hydrogen-bond acceptors (Lipinski definition) is 7. The Balaban J connectivity index is 1.50. The van der Waals surface area contributed by atoms with E-state index in [1.165, 1.54) is 18.4 Å². The van der Waals surface area contributed by atoms with Gasteiger partial charge in [0.25, 0.3) is 0 Å². The van der Waals surface area contributed by atoms with Gasteiger partial charge in [0, 0.05) is 54.9 Å². The lowest BCUT2D eigenvalue weighted by Crippen LogP contribution is -2.27.